The first-order valence-corrected chi connectivity index (χ1v) is 8.55. The Kier molecular flexibility index (Phi) is 3.96. The van der Waals surface area contributed by atoms with E-state index < -0.39 is 12.0 Å². The van der Waals surface area contributed by atoms with Gasteiger partial charge in [0.1, 0.15) is 17.1 Å². The molecule has 2 amide bonds. The number of amides is 2. The van der Waals surface area contributed by atoms with Crippen LogP contribution in [0.1, 0.15) is 11.8 Å². The van der Waals surface area contributed by atoms with Gasteiger partial charge in [-0.05, 0) is 24.4 Å². The van der Waals surface area contributed by atoms with Gasteiger partial charge >= 0.3 is 5.97 Å². The summed E-state index contributed by atoms with van der Waals surface area (Å²) in [5, 5.41) is 13.4. The van der Waals surface area contributed by atoms with Gasteiger partial charge in [0.15, 0.2) is 0 Å². The maximum atomic E-state index is 12.2. The number of nitrogens with zero attached hydrogens (tertiary/aromatic N) is 1. The molecule has 0 bridgehead atoms. The van der Waals surface area contributed by atoms with Crippen LogP contribution in [0.2, 0.25) is 0 Å². The second-order valence-corrected chi connectivity index (χ2v) is 7.63. The number of rotatable bonds is 4. The molecule has 3 rings (SSSR count). The molecule has 0 aromatic carbocycles. The number of aliphatic carboxylic acids is 1. The van der Waals surface area contributed by atoms with Crippen LogP contribution in [0.4, 0.5) is 0 Å². The van der Waals surface area contributed by atoms with Crippen molar-refractivity contribution in [1.29, 1.82) is 0 Å². The first-order chi connectivity index (χ1) is 10.5. The maximum absolute atomic E-state index is 12.2. The van der Waals surface area contributed by atoms with Crippen molar-refractivity contribution in [2.75, 3.05) is 0 Å². The smallest absolute Gasteiger partial charge is 0.352 e. The number of hydrogen-bond acceptors (Lipinski definition) is 5. The first kappa shape index (κ1) is 15.1. The van der Waals surface area contributed by atoms with E-state index in [1.807, 2.05) is 24.4 Å². The summed E-state index contributed by atoms with van der Waals surface area (Å²) in [6.45, 7) is 1.87. The molecule has 2 aliphatic heterocycles. The van der Waals surface area contributed by atoms with E-state index >= 15 is 0 Å². The van der Waals surface area contributed by atoms with Gasteiger partial charge in [0, 0.05) is 10.1 Å². The molecule has 6 nitrogen and oxygen atoms in total. The molecule has 3 atom stereocenters. The van der Waals surface area contributed by atoms with Crippen molar-refractivity contribution in [1.82, 2.24) is 10.2 Å². The number of carbonyl (C=O) groups excluding carboxylic acids is 2. The lowest BCUT2D eigenvalue weighted by molar-refractivity contribution is -0.150. The van der Waals surface area contributed by atoms with E-state index in [1.165, 1.54) is 28.0 Å². The average Bonchev–Trinajstić information content (AvgIpc) is 2.96. The molecule has 1 fully saturated rings. The Morgan fingerprint density at radius 1 is 1.45 bits per heavy atom. The molecular weight excluding hydrogens is 324 g/mol. The van der Waals surface area contributed by atoms with Gasteiger partial charge < -0.3 is 10.4 Å². The monoisotopic (exact) mass is 338 g/mol. The standard InChI is InChI=1S/C14H14N2O4S2/c1-7-5-9(14(19)20)16-12(18)11(13(16)22-7)15-10(17)6-8-3-2-4-21-8/h2-5,7,11,13H,6H2,1H3,(H,15,17)(H,19,20)/t7?,11?,13-/m1/s1. The number of fused-ring (bicyclic) bond motifs is 1. The Hall–Kier alpha value is -1.80. The Morgan fingerprint density at radius 2 is 2.23 bits per heavy atom. The summed E-state index contributed by atoms with van der Waals surface area (Å²) < 4.78 is 0. The van der Waals surface area contributed by atoms with Crippen molar-refractivity contribution >= 4 is 40.9 Å². The number of nitrogens with one attached hydrogen (secondary N) is 1. The zero-order valence-corrected chi connectivity index (χ0v) is 13.3. The number of carboxylic acid groups (broad SMARTS) is 1. The predicted octanol–water partition coefficient (Wildman–Crippen LogP) is 1.05. The van der Waals surface area contributed by atoms with Gasteiger partial charge in [-0.2, -0.15) is 0 Å². The van der Waals surface area contributed by atoms with Crippen LogP contribution in [0, 0.1) is 0 Å². The van der Waals surface area contributed by atoms with Crippen molar-refractivity contribution < 1.29 is 19.5 Å². The van der Waals surface area contributed by atoms with Crippen molar-refractivity contribution in [3.05, 3.63) is 34.2 Å². The number of thiophene rings is 1. The summed E-state index contributed by atoms with van der Waals surface area (Å²) in [7, 11) is 0. The van der Waals surface area contributed by atoms with E-state index in [4.69, 9.17) is 0 Å². The summed E-state index contributed by atoms with van der Waals surface area (Å²) in [4.78, 5) is 37.6. The maximum Gasteiger partial charge on any atom is 0.352 e. The molecule has 116 valence electrons. The lowest BCUT2D eigenvalue weighted by Crippen LogP contribution is -2.70. The van der Waals surface area contributed by atoms with Gasteiger partial charge in [0.05, 0.1) is 6.42 Å². The van der Waals surface area contributed by atoms with Crippen LogP contribution >= 0.6 is 23.1 Å². The molecule has 2 aliphatic rings. The number of hydrogen-bond donors (Lipinski definition) is 2. The molecule has 1 saturated heterocycles. The van der Waals surface area contributed by atoms with Crippen molar-refractivity contribution in [3.8, 4) is 0 Å². The highest BCUT2D eigenvalue weighted by Gasteiger charge is 2.53. The average molecular weight is 338 g/mol. The van der Waals surface area contributed by atoms with Gasteiger partial charge in [-0.15, -0.1) is 23.1 Å². The zero-order valence-electron chi connectivity index (χ0n) is 11.7. The van der Waals surface area contributed by atoms with E-state index in [1.54, 1.807) is 6.08 Å². The first-order valence-electron chi connectivity index (χ1n) is 6.73. The van der Waals surface area contributed by atoms with Crippen LogP contribution in [-0.4, -0.2) is 44.5 Å². The minimum absolute atomic E-state index is 0.00463. The lowest BCUT2D eigenvalue weighted by Gasteiger charge is -2.49. The largest absolute Gasteiger partial charge is 0.477 e. The van der Waals surface area contributed by atoms with Crippen molar-refractivity contribution in [2.45, 2.75) is 30.0 Å². The topological polar surface area (TPSA) is 86.7 Å². The molecule has 1 aromatic heterocycles. The Bertz CT molecular complexity index is 656. The second kappa shape index (κ2) is 5.77. The second-order valence-electron chi connectivity index (χ2n) is 5.10. The van der Waals surface area contributed by atoms with Gasteiger partial charge in [0.2, 0.25) is 5.91 Å². The summed E-state index contributed by atoms with van der Waals surface area (Å²) >= 11 is 2.96. The van der Waals surface area contributed by atoms with Crippen LogP contribution in [0.25, 0.3) is 0 Å². The minimum atomic E-state index is -1.12. The minimum Gasteiger partial charge on any atom is -0.477 e. The van der Waals surface area contributed by atoms with Crippen LogP contribution in [0.3, 0.4) is 0 Å². The highest BCUT2D eigenvalue weighted by Crippen LogP contribution is 2.40. The summed E-state index contributed by atoms with van der Waals surface area (Å²) in [5.41, 5.74) is 0.00463. The SMILES string of the molecule is CC1C=C(C(=O)O)N2C(=O)C(NC(=O)Cc3cccs3)[C@H]2S1. The van der Waals surface area contributed by atoms with Gasteiger partial charge in [-0.3, -0.25) is 14.5 Å². The van der Waals surface area contributed by atoms with Gasteiger partial charge in [0.25, 0.3) is 5.91 Å². The van der Waals surface area contributed by atoms with Crippen LogP contribution in [-0.2, 0) is 20.8 Å². The molecule has 0 aliphatic carbocycles. The Morgan fingerprint density at radius 3 is 2.86 bits per heavy atom. The molecule has 1 aromatic rings. The molecule has 2 N–H and O–H groups in total. The molecule has 0 spiro atoms. The lowest BCUT2D eigenvalue weighted by atomic mass is 10.0. The van der Waals surface area contributed by atoms with Crippen LogP contribution < -0.4 is 5.32 Å². The highest BCUT2D eigenvalue weighted by molar-refractivity contribution is 8.00. The predicted molar refractivity (Wildman–Crippen MR) is 83.4 cm³/mol. The Balaban J connectivity index is 1.68. The van der Waals surface area contributed by atoms with Crippen LogP contribution in [0.15, 0.2) is 29.3 Å². The molecule has 0 radical (unpaired) electrons. The van der Waals surface area contributed by atoms with Crippen molar-refractivity contribution in [2.24, 2.45) is 0 Å². The summed E-state index contributed by atoms with van der Waals surface area (Å²) in [6.07, 6.45) is 1.79. The third-order valence-electron chi connectivity index (χ3n) is 3.50. The van der Waals surface area contributed by atoms with E-state index in [-0.39, 0.29) is 34.6 Å². The Labute approximate surface area is 135 Å². The van der Waals surface area contributed by atoms with E-state index in [9.17, 15) is 19.5 Å². The highest BCUT2D eigenvalue weighted by atomic mass is 32.2. The number of carboxylic acids is 1. The van der Waals surface area contributed by atoms with Gasteiger partial charge in [-0.25, -0.2) is 4.79 Å². The molecule has 0 saturated carbocycles. The van der Waals surface area contributed by atoms with Crippen LogP contribution in [0.5, 0.6) is 0 Å². The van der Waals surface area contributed by atoms with E-state index in [0.29, 0.717) is 0 Å². The number of thioether (sulfide) groups is 1. The fourth-order valence-corrected chi connectivity index (χ4v) is 4.56. The molecule has 22 heavy (non-hydrogen) atoms. The summed E-state index contributed by atoms with van der Waals surface area (Å²) in [5.74, 6) is -1.70. The molecule has 2 unspecified atom stereocenters. The quantitative estimate of drug-likeness (QED) is 0.801. The van der Waals surface area contributed by atoms with Gasteiger partial charge in [-0.1, -0.05) is 6.07 Å². The normalized spacial score (nSPS) is 26.8. The van der Waals surface area contributed by atoms with E-state index in [2.05, 4.69) is 5.32 Å². The number of β-lactam (4-membered cyclic amide) rings is 1. The molecule has 8 heteroatoms. The fraction of sp³-hybridized carbons (Fsp3) is 0.357. The molecule has 3 heterocycles. The van der Waals surface area contributed by atoms with Crippen molar-refractivity contribution in [3.63, 3.8) is 0 Å². The zero-order chi connectivity index (χ0) is 15.9. The number of carbonyl (C=O) groups is 3. The summed E-state index contributed by atoms with van der Waals surface area (Å²) in [6, 6.07) is 3.08. The van der Waals surface area contributed by atoms with E-state index in [0.717, 1.165) is 4.88 Å². The third-order valence-corrected chi connectivity index (χ3v) is 5.70. The third kappa shape index (κ3) is 2.64. The molecular formula is C14H14N2O4S2. The fourth-order valence-electron chi connectivity index (χ4n) is 2.52.